The molecule has 0 amide bonds. The summed E-state index contributed by atoms with van der Waals surface area (Å²) in [5, 5.41) is 74.3. The maximum atomic E-state index is 11.4. The molecular formula is C60H102O27S8. The molecule has 2 aliphatic heterocycles. The predicted molar refractivity (Wildman–Crippen MR) is 372 cm³/mol. The summed E-state index contributed by atoms with van der Waals surface area (Å²) in [7, 11) is 0. The number of aliphatic carboxylic acids is 8. The molecule has 27 nitrogen and oxygen atoms in total. The first kappa shape index (κ1) is 89.2. The third-order valence-corrected chi connectivity index (χ3v) is 21.9. The Bertz CT molecular complexity index is 2080. The third kappa shape index (κ3) is 47.0. The average Bonchev–Trinajstić information content (AvgIpc) is 1.65. The zero-order valence-electron chi connectivity index (χ0n) is 54.1. The number of carbonyl (C=O) groups is 8. The molecule has 2 saturated heterocycles. The molecule has 0 aromatic heterocycles. The Labute approximate surface area is 591 Å². The first-order chi connectivity index (χ1) is 45.8. The maximum Gasteiger partial charge on any atom is 0.304 e. The van der Waals surface area contributed by atoms with E-state index in [0.717, 1.165) is 0 Å². The molecule has 0 aromatic rings. The lowest BCUT2D eigenvalue weighted by atomic mass is 9.97. The highest BCUT2D eigenvalue weighted by molar-refractivity contribution is 8.00. The van der Waals surface area contributed by atoms with Gasteiger partial charge < -0.3 is 93.0 Å². The van der Waals surface area contributed by atoms with Crippen LogP contribution in [0.15, 0.2) is 0 Å². The van der Waals surface area contributed by atoms with Crippen molar-refractivity contribution in [1.82, 2.24) is 0 Å². The number of thioether (sulfide) groups is 8. The molecule has 0 aliphatic carbocycles. The first-order valence-electron chi connectivity index (χ1n) is 32.0. The highest BCUT2D eigenvalue weighted by Gasteiger charge is 2.62. The zero-order valence-corrected chi connectivity index (χ0v) is 60.7. The van der Waals surface area contributed by atoms with Crippen molar-refractivity contribution in [3.05, 3.63) is 0 Å². The molecule has 8 N–H and O–H groups in total. The summed E-state index contributed by atoms with van der Waals surface area (Å²) in [6.45, 7) is 0.900. The van der Waals surface area contributed by atoms with E-state index in [-0.39, 0.29) is 124 Å². The smallest absolute Gasteiger partial charge is 0.304 e. The van der Waals surface area contributed by atoms with Crippen LogP contribution in [0.5, 0.6) is 0 Å². The van der Waals surface area contributed by atoms with Gasteiger partial charge in [-0.15, -0.1) is 0 Å². The van der Waals surface area contributed by atoms with Gasteiger partial charge >= 0.3 is 47.8 Å². The van der Waals surface area contributed by atoms with Gasteiger partial charge in [-0.1, -0.05) is 0 Å². The summed E-state index contributed by atoms with van der Waals surface area (Å²) in [6, 6.07) is 0. The fourth-order valence-corrected chi connectivity index (χ4v) is 15.6. The lowest BCUT2D eigenvalue weighted by Gasteiger charge is -2.48. The van der Waals surface area contributed by atoms with Crippen LogP contribution >= 0.6 is 94.1 Å². The van der Waals surface area contributed by atoms with Crippen molar-refractivity contribution in [2.75, 3.05) is 165 Å². The van der Waals surface area contributed by atoms with Crippen molar-refractivity contribution in [2.24, 2.45) is 0 Å². The zero-order chi connectivity index (χ0) is 69.6. The second-order valence-corrected chi connectivity index (χ2v) is 31.1. The topological polar surface area (TPSA) is 400 Å². The normalized spacial score (nSPS) is 21.1. The average molecular weight is 1510 g/mol. The highest BCUT2D eigenvalue weighted by atomic mass is 32.2. The number of hydrogen-bond acceptors (Lipinski definition) is 27. The van der Waals surface area contributed by atoms with E-state index >= 15 is 0 Å². The van der Waals surface area contributed by atoms with Crippen LogP contribution < -0.4 is 0 Å². The maximum absolute atomic E-state index is 11.4. The predicted octanol–water partition coefficient (Wildman–Crippen LogP) is 7.58. The fourth-order valence-electron chi connectivity index (χ4n) is 8.89. The van der Waals surface area contributed by atoms with Crippen LogP contribution in [0.25, 0.3) is 0 Å². The Morgan fingerprint density at radius 3 is 0.916 bits per heavy atom. The van der Waals surface area contributed by atoms with E-state index in [4.69, 9.17) is 52.1 Å². The van der Waals surface area contributed by atoms with Gasteiger partial charge in [0, 0.05) is 98.9 Å². The second kappa shape index (κ2) is 58.7. The summed E-state index contributed by atoms with van der Waals surface area (Å²) < 4.78 is 75.5. The summed E-state index contributed by atoms with van der Waals surface area (Å²) >= 11 is 11.7. The minimum absolute atomic E-state index is 0.00536. The summed E-state index contributed by atoms with van der Waals surface area (Å²) in [5.41, 5.74) is 0. The van der Waals surface area contributed by atoms with Crippen LogP contribution in [-0.2, 0) is 90.5 Å². The van der Waals surface area contributed by atoms with Gasteiger partial charge in [0.15, 0.2) is 6.29 Å². The molecule has 35 heteroatoms. The molecule has 95 heavy (non-hydrogen) atoms. The number of rotatable bonds is 69. The number of carboxylic acids is 8. The number of ether oxygens (including phenoxy) is 11. The van der Waals surface area contributed by atoms with Gasteiger partial charge in [0.1, 0.15) is 49.3 Å². The van der Waals surface area contributed by atoms with Gasteiger partial charge in [-0.25, -0.2) is 0 Å². The van der Waals surface area contributed by atoms with E-state index < -0.39 is 103 Å². The number of carboxylic acid groups (broad SMARTS) is 8. The fraction of sp³-hybridized carbons (Fsp3) is 0.867. The molecule has 0 saturated carbocycles. The van der Waals surface area contributed by atoms with Gasteiger partial charge in [0.25, 0.3) is 0 Å². The lowest BCUT2D eigenvalue weighted by Crippen LogP contribution is -2.65. The van der Waals surface area contributed by atoms with E-state index in [9.17, 15) is 79.2 Å². The van der Waals surface area contributed by atoms with Crippen LogP contribution in [-0.4, -0.2) is 308 Å². The van der Waals surface area contributed by atoms with Crippen LogP contribution in [0, 0.1) is 0 Å². The lowest BCUT2D eigenvalue weighted by molar-refractivity contribution is -0.395. The van der Waals surface area contributed by atoms with Gasteiger partial charge in [-0.05, 0) is 97.4 Å². The van der Waals surface area contributed by atoms with E-state index in [1.807, 2.05) is 0 Å². The Hall–Kier alpha value is -1.88. The standard InChI is InChI=1S/C60H102O27S8/c61-46(62)9-33-88-25-1-17-77-41-44-54(80-20-4-28-91-36-12-49(67)68)56(82-22-6-30-93-38-14-51(71)72)57(83-23-7-31-94-39-15-52(73)74)59(85-44)87-60(43-79-19-3-27-90-35-11-48(65)66)58(84-24-8-32-95-40-16-53(75)76)55(81-21-5-29-92-37-13-50(69)70)45(86-60)42-78-18-2-26-89-34-10-47(63)64/h44-45,54-59H,1-43H2,(H,61,62)(H,63,64)(H,65,66)(H,67,68)(H,69,70)(H,71,72)(H,73,74)(H,75,76)/t44-,45-,54-,55-,56+,57-,58+,59-,60+/m1/s1. The Kier molecular flexibility index (Phi) is 55.1. The monoisotopic (exact) mass is 1510 g/mol. The summed E-state index contributed by atoms with van der Waals surface area (Å²) in [5.74, 6) is -1.62. The Balaban J connectivity index is 2.93. The van der Waals surface area contributed by atoms with Crippen molar-refractivity contribution >= 4 is 142 Å². The van der Waals surface area contributed by atoms with Crippen molar-refractivity contribution in [3.8, 4) is 0 Å². The summed E-state index contributed by atoms with van der Waals surface area (Å²) in [4.78, 5) is 90.7. The van der Waals surface area contributed by atoms with Crippen molar-refractivity contribution < 1.29 is 131 Å². The minimum Gasteiger partial charge on any atom is -0.481 e. The molecule has 0 spiro atoms. The molecule has 2 aliphatic rings. The Morgan fingerprint density at radius 1 is 0.305 bits per heavy atom. The summed E-state index contributed by atoms with van der Waals surface area (Å²) in [6.07, 6.45) is -4.53. The van der Waals surface area contributed by atoms with Crippen molar-refractivity contribution in [3.63, 3.8) is 0 Å². The molecule has 0 unspecified atom stereocenters. The van der Waals surface area contributed by atoms with E-state index in [0.29, 0.717) is 143 Å². The van der Waals surface area contributed by atoms with E-state index in [1.165, 1.54) is 94.1 Å². The largest absolute Gasteiger partial charge is 0.481 e. The molecule has 2 heterocycles. The molecule has 2 rings (SSSR count). The van der Waals surface area contributed by atoms with Gasteiger partial charge in [0.2, 0.25) is 5.79 Å². The van der Waals surface area contributed by atoms with Crippen LogP contribution in [0.4, 0.5) is 0 Å². The van der Waals surface area contributed by atoms with E-state index in [1.54, 1.807) is 0 Å². The Morgan fingerprint density at radius 2 is 0.579 bits per heavy atom. The molecule has 2 fully saturated rings. The van der Waals surface area contributed by atoms with Gasteiger partial charge in [-0.3, -0.25) is 38.4 Å². The van der Waals surface area contributed by atoms with Crippen molar-refractivity contribution in [1.29, 1.82) is 0 Å². The van der Waals surface area contributed by atoms with E-state index in [2.05, 4.69) is 0 Å². The molecule has 552 valence electrons. The first-order valence-corrected chi connectivity index (χ1v) is 41.3. The molecule has 0 radical (unpaired) electrons. The van der Waals surface area contributed by atoms with Gasteiger partial charge in [0.05, 0.1) is 64.6 Å². The van der Waals surface area contributed by atoms with Gasteiger partial charge in [-0.2, -0.15) is 94.1 Å². The third-order valence-electron chi connectivity index (χ3n) is 13.3. The van der Waals surface area contributed by atoms with Crippen molar-refractivity contribution in [2.45, 2.75) is 158 Å². The van der Waals surface area contributed by atoms with Crippen LogP contribution in [0.3, 0.4) is 0 Å². The number of hydrogen-bond donors (Lipinski definition) is 8. The molecule has 9 atom stereocenters. The second-order valence-electron chi connectivity index (χ2n) is 21.3. The molecular weight excluding hydrogens is 1410 g/mol. The minimum atomic E-state index is -1.93. The van der Waals surface area contributed by atoms with Crippen LogP contribution in [0.1, 0.15) is 103 Å². The highest BCUT2D eigenvalue weighted by Crippen LogP contribution is 2.42. The molecule has 0 bridgehead atoms. The van der Waals surface area contributed by atoms with Crippen LogP contribution in [0.2, 0.25) is 0 Å². The molecule has 0 aromatic carbocycles. The SMILES string of the molecule is O=C(O)CCSCCCOC[C@H]1O[C@@](COCCCSCCC(=O)O)(O[C@H]2O[C@H](COCCCSCCC(=O)O)[C@@H](OCCCSCCC(=O)O)[C@H](OCCCSCCC(=O)O)[C@H]2OCCCSCCC(=O)O)[C@@H](OCCCSCCC(=O)O)[C@@H]1OCCCSCCC(=O)O. The quantitative estimate of drug-likeness (QED) is 0.0272.